The molecule has 0 saturated carbocycles. The average molecular weight is 322 g/mol. The fraction of sp³-hybridized carbons (Fsp3) is 0.722. The number of carbonyl (C=O) groups is 2. The Morgan fingerprint density at radius 3 is 1.96 bits per heavy atom. The number of ketones is 1. The number of hydrogen-bond donors (Lipinski definition) is 0. The zero-order valence-electron chi connectivity index (χ0n) is 14.3. The predicted octanol–water partition coefficient (Wildman–Crippen LogP) is 4.27. The Bertz CT molecular complexity index is 399. The monoisotopic (exact) mass is 322 g/mol. The quantitative estimate of drug-likeness (QED) is 0.113. The van der Waals surface area contributed by atoms with Crippen LogP contribution < -0.4 is 0 Å². The maximum Gasteiger partial charge on any atom is 0.330 e. The normalized spacial score (nSPS) is 10.5. The number of ether oxygens (including phenoxy) is 1. The molecule has 0 aromatic carbocycles. The van der Waals surface area contributed by atoms with Crippen molar-refractivity contribution >= 4 is 18.0 Å². The van der Waals surface area contributed by atoms with E-state index in [-0.39, 0.29) is 11.8 Å². The number of allylic oxidation sites excluding steroid dienone is 1. The summed E-state index contributed by atoms with van der Waals surface area (Å²) in [6.07, 6.45) is 17.5. The van der Waals surface area contributed by atoms with E-state index in [1.54, 1.807) is 0 Å². The topological polar surface area (TPSA) is 79.8 Å². The van der Waals surface area contributed by atoms with E-state index >= 15 is 0 Å². The maximum atomic E-state index is 11.1. The van der Waals surface area contributed by atoms with E-state index in [4.69, 9.17) is 5.53 Å². The van der Waals surface area contributed by atoms with Crippen molar-refractivity contribution in [2.24, 2.45) is 0 Å². The highest BCUT2D eigenvalue weighted by atomic mass is 16.5. The summed E-state index contributed by atoms with van der Waals surface area (Å²) in [7, 11) is 1.39. The van der Waals surface area contributed by atoms with Crippen molar-refractivity contribution in [2.75, 3.05) is 7.11 Å². The first-order valence-electron chi connectivity index (χ1n) is 8.65. The third kappa shape index (κ3) is 16.5. The summed E-state index contributed by atoms with van der Waals surface area (Å²) in [6.45, 7) is 0. The molecule has 0 spiro atoms. The Labute approximate surface area is 139 Å². The lowest BCUT2D eigenvalue weighted by molar-refractivity contribution is -0.134. The molecule has 0 aliphatic heterocycles. The summed E-state index contributed by atoms with van der Waals surface area (Å²) >= 11 is 0. The molecular weight excluding hydrogens is 292 g/mol. The fourth-order valence-electron chi connectivity index (χ4n) is 2.35. The Hall–Kier alpha value is -1.74. The van der Waals surface area contributed by atoms with Crippen LogP contribution in [0.25, 0.3) is 5.53 Å². The van der Waals surface area contributed by atoms with E-state index in [9.17, 15) is 9.59 Å². The third-order valence-corrected chi connectivity index (χ3v) is 3.70. The molecule has 0 N–H and O–H groups in total. The van der Waals surface area contributed by atoms with Gasteiger partial charge in [-0.1, -0.05) is 57.4 Å². The van der Waals surface area contributed by atoms with Crippen LogP contribution >= 0.6 is 0 Å². The van der Waals surface area contributed by atoms with Gasteiger partial charge in [-0.3, -0.25) is 4.79 Å². The van der Waals surface area contributed by atoms with Gasteiger partial charge in [0.1, 0.15) is 0 Å². The number of rotatable bonds is 15. The van der Waals surface area contributed by atoms with Crippen molar-refractivity contribution in [3.8, 4) is 0 Å². The molecule has 0 atom stereocenters. The van der Waals surface area contributed by atoms with Gasteiger partial charge in [-0.05, 0) is 19.3 Å². The minimum Gasteiger partial charge on any atom is -0.466 e. The van der Waals surface area contributed by atoms with Crippen LogP contribution in [0, 0.1) is 0 Å². The number of methoxy groups -OCH3 is 1. The first kappa shape index (κ1) is 21.3. The van der Waals surface area contributed by atoms with Crippen LogP contribution in [0.4, 0.5) is 0 Å². The Balaban J connectivity index is 3.19. The highest BCUT2D eigenvalue weighted by molar-refractivity contribution is 6.25. The van der Waals surface area contributed by atoms with Gasteiger partial charge >= 0.3 is 12.2 Å². The molecule has 0 saturated heterocycles. The summed E-state index contributed by atoms with van der Waals surface area (Å²) in [5, 5.41) is 0. The number of carbonyl (C=O) groups excluding carboxylic acids is 2. The number of esters is 1. The molecule has 130 valence electrons. The lowest BCUT2D eigenvalue weighted by Crippen LogP contribution is -1.99. The highest BCUT2D eigenvalue weighted by Gasteiger charge is 2.01. The summed E-state index contributed by atoms with van der Waals surface area (Å²) < 4.78 is 4.52. The van der Waals surface area contributed by atoms with Gasteiger partial charge in [-0.15, -0.1) is 0 Å². The minimum absolute atomic E-state index is 0.103. The molecule has 23 heavy (non-hydrogen) atoms. The van der Waals surface area contributed by atoms with E-state index in [2.05, 4.69) is 9.53 Å². The summed E-state index contributed by atoms with van der Waals surface area (Å²) in [5.74, 6) is -0.384. The van der Waals surface area contributed by atoms with Gasteiger partial charge < -0.3 is 10.3 Å². The van der Waals surface area contributed by atoms with Crippen molar-refractivity contribution in [1.29, 1.82) is 0 Å². The van der Waals surface area contributed by atoms with Gasteiger partial charge in [0.2, 0.25) is 5.78 Å². The SMILES string of the molecule is COC(=O)C=CCCCCCCCCCCCCC(=O)C=[N+]=[N-]. The minimum atomic E-state index is -0.282. The average Bonchev–Trinajstić information content (AvgIpc) is 2.55. The first-order valence-corrected chi connectivity index (χ1v) is 8.65. The number of Topliss-reactive ketones (excluding diaryl/α,β-unsaturated/α-hetero) is 1. The van der Waals surface area contributed by atoms with Gasteiger partial charge in [-0.25, -0.2) is 4.79 Å². The van der Waals surface area contributed by atoms with E-state index < -0.39 is 0 Å². The second-order valence-corrected chi connectivity index (χ2v) is 5.71. The molecule has 0 aliphatic carbocycles. The molecule has 0 aromatic rings. The predicted molar refractivity (Wildman–Crippen MR) is 91.3 cm³/mol. The third-order valence-electron chi connectivity index (χ3n) is 3.70. The van der Waals surface area contributed by atoms with Crippen LogP contribution in [0.3, 0.4) is 0 Å². The number of unbranched alkanes of at least 4 members (excludes halogenated alkanes) is 10. The van der Waals surface area contributed by atoms with Crippen molar-refractivity contribution in [3.05, 3.63) is 17.7 Å². The van der Waals surface area contributed by atoms with E-state index in [0.29, 0.717) is 6.42 Å². The van der Waals surface area contributed by atoms with E-state index in [1.165, 1.54) is 58.1 Å². The van der Waals surface area contributed by atoms with Crippen molar-refractivity contribution in [2.45, 2.75) is 77.0 Å². The van der Waals surface area contributed by atoms with Gasteiger partial charge in [0.05, 0.1) is 7.11 Å². The van der Waals surface area contributed by atoms with Crippen LogP contribution in [0.15, 0.2) is 12.2 Å². The standard InChI is InChI=1S/C18H30N2O3/c1-23-18(22)15-13-11-9-7-5-3-2-4-6-8-10-12-14-17(21)16-20-19/h13,15-16H,2-12,14H2,1H3. The molecule has 0 unspecified atom stereocenters. The van der Waals surface area contributed by atoms with Crippen molar-refractivity contribution in [3.63, 3.8) is 0 Å². The lowest BCUT2D eigenvalue weighted by Gasteiger charge is -2.01. The van der Waals surface area contributed by atoms with Crippen LogP contribution in [0.2, 0.25) is 0 Å². The van der Waals surface area contributed by atoms with E-state index in [0.717, 1.165) is 31.9 Å². The molecule has 0 aromatic heterocycles. The smallest absolute Gasteiger partial charge is 0.330 e. The van der Waals surface area contributed by atoms with Crippen molar-refractivity contribution in [1.82, 2.24) is 0 Å². The molecule has 0 amide bonds. The fourth-order valence-corrected chi connectivity index (χ4v) is 2.35. The first-order chi connectivity index (χ1) is 11.2. The van der Waals surface area contributed by atoms with Crippen molar-refractivity contribution < 1.29 is 19.1 Å². The number of hydrogen-bond acceptors (Lipinski definition) is 3. The van der Waals surface area contributed by atoms with Crippen LogP contribution in [0.1, 0.15) is 77.0 Å². The lowest BCUT2D eigenvalue weighted by atomic mass is 10.0. The molecule has 0 radical (unpaired) electrons. The zero-order chi connectivity index (χ0) is 17.2. The second-order valence-electron chi connectivity index (χ2n) is 5.71. The molecule has 0 heterocycles. The Morgan fingerprint density at radius 2 is 1.43 bits per heavy atom. The van der Waals surface area contributed by atoms with Crippen LogP contribution in [-0.2, 0) is 14.3 Å². The highest BCUT2D eigenvalue weighted by Crippen LogP contribution is 2.12. The molecule has 5 heteroatoms. The molecule has 5 nitrogen and oxygen atoms in total. The van der Waals surface area contributed by atoms with E-state index in [1.807, 2.05) is 6.08 Å². The summed E-state index contributed by atoms with van der Waals surface area (Å²) in [4.78, 5) is 24.6. The molecule has 0 aliphatic rings. The maximum absolute atomic E-state index is 11.1. The summed E-state index contributed by atoms with van der Waals surface area (Å²) in [6, 6.07) is 0. The Kier molecular flexibility index (Phi) is 15.4. The molecule has 0 bridgehead atoms. The number of nitrogens with zero attached hydrogens (tertiary/aromatic N) is 2. The van der Waals surface area contributed by atoms with Gasteiger partial charge in [-0.2, -0.15) is 4.79 Å². The largest absolute Gasteiger partial charge is 0.466 e. The van der Waals surface area contributed by atoms with Crippen LogP contribution in [0.5, 0.6) is 0 Å². The Morgan fingerprint density at radius 1 is 0.913 bits per heavy atom. The second kappa shape index (κ2) is 16.6. The van der Waals surface area contributed by atoms with Gasteiger partial charge in [0.15, 0.2) is 0 Å². The zero-order valence-corrected chi connectivity index (χ0v) is 14.3. The van der Waals surface area contributed by atoms with Gasteiger partial charge in [0, 0.05) is 12.5 Å². The van der Waals surface area contributed by atoms with Gasteiger partial charge in [0.25, 0.3) is 0 Å². The summed E-state index contributed by atoms with van der Waals surface area (Å²) in [5.41, 5.74) is 8.20. The van der Waals surface area contributed by atoms with Crippen LogP contribution in [-0.4, -0.2) is 29.9 Å². The molecule has 0 rings (SSSR count). The molecule has 0 fully saturated rings. The molecular formula is C18H30N2O3.